The van der Waals surface area contributed by atoms with Gasteiger partial charge in [0.15, 0.2) is 0 Å². The number of fused-ring (bicyclic) bond motifs is 1. The first-order chi connectivity index (χ1) is 6.47. The maximum atomic E-state index is 6.55. The Morgan fingerprint density at radius 1 is 1.14 bits per heavy atom. The van der Waals surface area contributed by atoms with Crippen molar-refractivity contribution in [1.29, 1.82) is 0 Å². The quantitative estimate of drug-likeness (QED) is 0.708. The lowest BCUT2D eigenvalue weighted by Gasteiger charge is -2.43. The maximum Gasteiger partial charge on any atom is 0.0656 e. The molecule has 2 aliphatic rings. The molecule has 0 saturated carbocycles. The van der Waals surface area contributed by atoms with Crippen LogP contribution in [0.4, 0.5) is 0 Å². The first-order valence-electron chi connectivity index (χ1n) is 5.97. The minimum atomic E-state index is -1.18. The Labute approximate surface area is 88.9 Å². The van der Waals surface area contributed by atoms with Gasteiger partial charge in [-0.05, 0) is 38.8 Å². The molecule has 0 spiro atoms. The second-order valence-corrected chi connectivity index (χ2v) is 11.5. The Balaban J connectivity index is 2.22. The first kappa shape index (κ1) is 10.6. The summed E-state index contributed by atoms with van der Waals surface area (Å²) in [6, 6.07) is 0. The second kappa shape index (κ2) is 3.32. The molecule has 0 bridgehead atoms. The number of hydrogen-bond donors (Lipinski definition) is 1. The molecule has 82 valence electrons. The molecule has 0 amide bonds. The van der Waals surface area contributed by atoms with Crippen LogP contribution >= 0.6 is 0 Å². The normalized spacial score (nSPS) is 29.1. The predicted molar refractivity (Wildman–Crippen MR) is 64.1 cm³/mol. The van der Waals surface area contributed by atoms with Crippen molar-refractivity contribution in [1.82, 2.24) is 4.90 Å². The topological polar surface area (TPSA) is 29.3 Å². The van der Waals surface area contributed by atoms with Crippen molar-refractivity contribution in [2.75, 3.05) is 13.1 Å². The number of rotatable bonds is 2. The highest BCUT2D eigenvalue weighted by atomic mass is 28.3. The SMILES string of the molecule is C[Si](C)(C)C(N)C12CCCN1CCC2. The van der Waals surface area contributed by atoms with Crippen molar-refractivity contribution >= 4 is 8.07 Å². The van der Waals surface area contributed by atoms with Crippen LogP contribution in [0.5, 0.6) is 0 Å². The fourth-order valence-electron chi connectivity index (χ4n) is 3.46. The summed E-state index contributed by atoms with van der Waals surface area (Å²) < 4.78 is 0. The molecule has 2 rings (SSSR count). The number of hydrogen-bond acceptors (Lipinski definition) is 2. The van der Waals surface area contributed by atoms with Gasteiger partial charge in [0.2, 0.25) is 0 Å². The third-order valence-electron chi connectivity index (χ3n) is 4.22. The summed E-state index contributed by atoms with van der Waals surface area (Å²) in [5, 5.41) is 0. The minimum Gasteiger partial charge on any atom is -0.328 e. The highest BCUT2D eigenvalue weighted by Crippen LogP contribution is 2.42. The van der Waals surface area contributed by atoms with Crippen LogP contribution in [0.3, 0.4) is 0 Å². The van der Waals surface area contributed by atoms with Crippen molar-refractivity contribution in [3.05, 3.63) is 0 Å². The molecule has 2 nitrogen and oxygen atoms in total. The van der Waals surface area contributed by atoms with Crippen molar-refractivity contribution in [3.63, 3.8) is 0 Å². The molecule has 2 fully saturated rings. The fourth-order valence-corrected chi connectivity index (χ4v) is 5.55. The van der Waals surface area contributed by atoms with Gasteiger partial charge in [-0.3, -0.25) is 4.90 Å². The Bertz CT molecular complexity index is 212. The molecule has 2 N–H and O–H groups in total. The Morgan fingerprint density at radius 3 is 2.07 bits per heavy atom. The molecule has 2 heterocycles. The lowest BCUT2D eigenvalue weighted by atomic mass is 9.94. The molecule has 0 aromatic carbocycles. The maximum absolute atomic E-state index is 6.55. The molecule has 0 aromatic heterocycles. The van der Waals surface area contributed by atoms with Gasteiger partial charge in [-0.25, -0.2) is 0 Å². The van der Waals surface area contributed by atoms with E-state index in [2.05, 4.69) is 24.5 Å². The Hall–Kier alpha value is 0.137. The summed E-state index contributed by atoms with van der Waals surface area (Å²) >= 11 is 0. The van der Waals surface area contributed by atoms with Crippen LogP contribution in [0.15, 0.2) is 0 Å². The van der Waals surface area contributed by atoms with Gasteiger partial charge < -0.3 is 5.73 Å². The van der Waals surface area contributed by atoms with Crippen LogP contribution in [0.25, 0.3) is 0 Å². The van der Waals surface area contributed by atoms with Gasteiger partial charge in [-0.2, -0.15) is 0 Å². The zero-order valence-corrected chi connectivity index (χ0v) is 10.8. The van der Waals surface area contributed by atoms with E-state index in [1.54, 1.807) is 0 Å². The summed E-state index contributed by atoms with van der Waals surface area (Å²) in [5.74, 6) is 0. The van der Waals surface area contributed by atoms with Crippen LogP contribution < -0.4 is 5.73 Å². The van der Waals surface area contributed by atoms with E-state index in [1.807, 2.05) is 0 Å². The van der Waals surface area contributed by atoms with Crippen molar-refractivity contribution in [2.45, 2.75) is 56.5 Å². The van der Waals surface area contributed by atoms with Gasteiger partial charge in [0.1, 0.15) is 0 Å². The summed E-state index contributed by atoms with van der Waals surface area (Å²) in [6.45, 7) is 9.86. The Kier molecular flexibility index (Phi) is 2.53. The first-order valence-corrected chi connectivity index (χ1v) is 9.55. The van der Waals surface area contributed by atoms with Gasteiger partial charge in [0.25, 0.3) is 0 Å². The van der Waals surface area contributed by atoms with Crippen molar-refractivity contribution < 1.29 is 0 Å². The highest BCUT2D eigenvalue weighted by molar-refractivity contribution is 6.77. The third-order valence-corrected chi connectivity index (χ3v) is 6.62. The highest BCUT2D eigenvalue weighted by Gasteiger charge is 2.51. The standard InChI is InChI=1S/C11H24N2Si/c1-14(2,3)10(12)11-6-4-8-13(11)9-5-7-11/h10H,4-9,12H2,1-3H3. The largest absolute Gasteiger partial charge is 0.328 e. The average molecular weight is 212 g/mol. The number of nitrogens with two attached hydrogens (primary N) is 1. The molecule has 3 heteroatoms. The van der Waals surface area contributed by atoms with Gasteiger partial charge in [0, 0.05) is 11.2 Å². The fraction of sp³-hybridized carbons (Fsp3) is 1.00. The predicted octanol–water partition coefficient (Wildman–Crippen LogP) is 1.82. The van der Waals surface area contributed by atoms with Crippen LogP contribution in [-0.4, -0.2) is 37.3 Å². The molecule has 2 aliphatic heterocycles. The molecule has 14 heavy (non-hydrogen) atoms. The monoisotopic (exact) mass is 212 g/mol. The summed E-state index contributed by atoms with van der Waals surface area (Å²) in [7, 11) is -1.18. The van der Waals surface area contributed by atoms with Crippen LogP contribution in [0, 0.1) is 0 Å². The molecule has 0 aliphatic carbocycles. The number of nitrogens with zero attached hydrogens (tertiary/aromatic N) is 1. The van der Waals surface area contributed by atoms with Gasteiger partial charge in [-0.1, -0.05) is 19.6 Å². The average Bonchev–Trinajstić information content (AvgIpc) is 2.57. The molecule has 1 atom stereocenters. The lowest BCUT2D eigenvalue weighted by molar-refractivity contribution is 0.185. The molecule has 0 aromatic rings. The minimum absolute atomic E-state index is 0.421. The van der Waals surface area contributed by atoms with E-state index in [4.69, 9.17) is 5.73 Å². The third kappa shape index (κ3) is 1.46. The van der Waals surface area contributed by atoms with Crippen LogP contribution in [-0.2, 0) is 0 Å². The van der Waals surface area contributed by atoms with E-state index in [-0.39, 0.29) is 0 Å². The van der Waals surface area contributed by atoms with E-state index in [0.29, 0.717) is 11.2 Å². The van der Waals surface area contributed by atoms with Gasteiger partial charge in [0.05, 0.1) is 8.07 Å². The molecular formula is C11H24N2Si. The summed E-state index contributed by atoms with van der Waals surface area (Å²) in [6.07, 6.45) is 5.47. The summed E-state index contributed by atoms with van der Waals surface area (Å²) in [5.41, 5.74) is 7.45. The van der Waals surface area contributed by atoms with E-state index in [0.717, 1.165) is 0 Å². The van der Waals surface area contributed by atoms with Crippen molar-refractivity contribution in [3.8, 4) is 0 Å². The lowest BCUT2D eigenvalue weighted by Crippen LogP contribution is -2.63. The summed E-state index contributed by atoms with van der Waals surface area (Å²) in [4.78, 5) is 2.69. The van der Waals surface area contributed by atoms with Crippen molar-refractivity contribution in [2.24, 2.45) is 5.73 Å². The molecule has 2 saturated heterocycles. The van der Waals surface area contributed by atoms with E-state index in [1.165, 1.54) is 38.8 Å². The zero-order chi connectivity index (χ0) is 10.4. The van der Waals surface area contributed by atoms with Crippen LogP contribution in [0.1, 0.15) is 25.7 Å². The smallest absolute Gasteiger partial charge is 0.0656 e. The molecule has 1 unspecified atom stereocenters. The Morgan fingerprint density at radius 2 is 1.64 bits per heavy atom. The van der Waals surface area contributed by atoms with E-state index < -0.39 is 8.07 Å². The van der Waals surface area contributed by atoms with E-state index in [9.17, 15) is 0 Å². The van der Waals surface area contributed by atoms with Crippen LogP contribution in [0.2, 0.25) is 19.6 Å². The molecular weight excluding hydrogens is 188 g/mol. The van der Waals surface area contributed by atoms with Gasteiger partial charge in [-0.15, -0.1) is 0 Å². The van der Waals surface area contributed by atoms with Gasteiger partial charge >= 0.3 is 0 Å². The zero-order valence-electron chi connectivity index (χ0n) is 9.84. The second-order valence-electron chi connectivity index (χ2n) is 6.14. The van der Waals surface area contributed by atoms with E-state index >= 15 is 0 Å². The molecule has 0 radical (unpaired) electrons.